The molecule has 5 heteroatoms. The molecule has 2 aliphatic rings. The van der Waals surface area contributed by atoms with E-state index in [-0.39, 0.29) is 23.3 Å². The highest BCUT2D eigenvalue weighted by atomic mass is 16.5. The zero-order chi connectivity index (χ0) is 22.5. The first kappa shape index (κ1) is 24.5. The van der Waals surface area contributed by atoms with E-state index in [2.05, 4.69) is 81.3 Å². The topological polar surface area (TPSA) is 62.5 Å². The maximum Gasteiger partial charge on any atom is 0.118 e. The van der Waals surface area contributed by atoms with Gasteiger partial charge >= 0.3 is 0 Å². The number of hydrogen-bond acceptors (Lipinski definition) is 5. The van der Waals surface area contributed by atoms with Crippen molar-refractivity contribution in [2.24, 2.45) is 11.1 Å². The van der Waals surface area contributed by atoms with Crippen LogP contribution in [0.5, 0.6) is 0 Å². The third kappa shape index (κ3) is 5.92. The summed E-state index contributed by atoms with van der Waals surface area (Å²) < 4.78 is 6.15. The van der Waals surface area contributed by atoms with E-state index in [0.717, 1.165) is 31.0 Å². The Hall–Kier alpha value is -1.72. The smallest absolute Gasteiger partial charge is 0.118 e. The van der Waals surface area contributed by atoms with Crippen molar-refractivity contribution in [2.45, 2.75) is 92.6 Å². The summed E-state index contributed by atoms with van der Waals surface area (Å²) in [6.07, 6.45) is 3.56. The molecule has 1 aromatic rings. The Balaban J connectivity index is 0.00000155. The average molecular weight is 417 g/mol. The minimum atomic E-state index is -0.201. The van der Waals surface area contributed by atoms with Gasteiger partial charge in [0.1, 0.15) is 6.17 Å². The summed E-state index contributed by atoms with van der Waals surface area (Å²) in [5, 5.41) is 7.18. The predicted molar refractivity (Wildman–Crippen MR) is 129 cm³/mol. The molecule has 0 radical (unpaired) electrons. The monoisotopic (exact) mass is 416 g/mol. The highest BCUT2D eigenvalue weighted by Crippen LogP contribution is 2.41. The molecule has 0 aromatic heterocycles. The third-order valence-electron chi connectivity index (χ3n) is 5.37. The third-order valence-corrected chi connectivity index (χ3v) is 5.37. The fourth-order valence-corrected chi connectivity index (χ4v) is 3.96. The van der Waals surface area contributed by atoms with Crippen LogP contribution < -0.4 is 16.4 Å². The van der Waals surface area contributed by atoms with Crippen LogP contribution in [-0.2, 0) is 4.74 Å². The lowest BCUT2D eigenvalue weighted by atomic mass is 9.92. The summed E-state index contributed by atoms with van der Waals surface area (Å²) in [6, 6.07) is 8.48. The summed E-state index contributed by atoms with van der Waals surface area (Å²) in [7, 11) is 0. The molecule has 0 fully saturated rings. The van der Waals surface area contributed by atoms with E-state index in [1.54, 1.807) is 0 Å². The largest absolute Gasteiger partial charge is 0.375 e. The van der Waals surface area contributed by atoms with Crippen molar-refractivity contribution in [1.29, 1.82) is 0 Å². The van der Waals surface area contributed by atoms with Gasteiger partial charge in [0.05, 0.1) is 29.8 Å². The number of hydrogen-bond donors (Lipinski definition) is 3. The van der Waals surface area contributed by atoms with Crippen LogP contribution in [0.1, 0.15) is 80.2 Å². The van der Waals surface area contributed by atoms with E-state index >= 15 is 0 Å². The minimum Gasteiger partial charge on any atom is -0.375 e. The van der Waals surface area contributed by atoms with E-state index in [9.17, 15) is 0 Å². The van der Waals surface area contributed by atoms with E-state index < -0.39 is 0 Å². The summed E-state index contributed by atoms with van der Waals surface area (Å²) in [4.78, 5) is 2.54. The van der Waals surface area contributed by atoms with Crippen molar-refractivity contribution < 1.29 is 4.74 Å². The minimum absolute atomic E-state index is 0.0196. The van der Waals surface area contributed by atoms with Gasteiger partial charge in [-0.05, 0) is 39.7 Å². The van der Waals surface area contributed by atoms with Crippen molar-refractivity contribution >= 4 is 11.4 Å². The lowest BCUT2D eigenvalue weighted by Crippen LogP contribution is -2.44. The number of nitrogens with two attached hydrogens (primary N) is 1. The number of unbranched alkanes of at least 4 members (excludes halogenated alkanes) is 1. The number of ether oxygens (including phenoxy) is 1. The number of fused-ring (bicyclic) bond motifs is 2. The normalized spacial score (nSPS) is 20.6. The Morgan fingerprint density at radius 1 is 1.07 bits per heavy atom. The molecule has 0 saturated carbocycles. The molecule has 0 bridgehead atoms. The fourth-order valence-electron chi connectivity index (χ4n) is 3.96. The lowest BCUT2D eigenvalue weighted by molar-refractivity contribution is -0.0492. The first-order valence-corrected chi connectivity index (χ1v) is 11.6. The van der Waals surface area contributed by atoms with Crippen LogP contribution in [0.2, 0.25) is 0 Å². The van der Waals surface area contributed by atoms with Gasteiger partial charge in [-0.25, -0.2) is 0 Å². The summed E-state index contributed by atoms with van der Waals surface area (Å²) in [5.74, 6) is 0. The second-order valence-electron chi connectivity index (χ2n) is 9.93. The summed E-state index contributed by atoms with van der Waals surface area (Å²) in [6.45, 7) is 18.8. The maximum absolute atomic E-state index is 6.48. The SMILES string of the molecule is CC.CCCCC1NC2=C(c3ccccc3NC2N)N1CC(C)(C)COC(C)(C)C. The van der Waals surface area contributed by atoms with Crippen LogP contribution in [0.15, 0.2) is 30.0 Å². The lowest BCUT2D eigenvalue weighted by Gasteiger charge is -2.38. The van der Waals surface area contributed by atoms with Gasteiger partial charge in [0.2, 0.25) is 0 Å². The van der Waals surface area contributed by atoms with Crippen LogP contribution in [-0.4, -0.2) is 36.0 Å². The molecule has 0 amide bonds. The van der Waals surface area contributed by atoms with Crippen molar-refractivity contribution in [1.82, 2.24) is 10.2 Å². The molecule has 2 unspecified atom stereocenters. The van der Waals surface area contributed by atoms with Gasteiger partial charge in [-0.3, -0.25) is 0 Å². The van der Waals surface area contributed by atoms with Gasteiger partial charge in [-0.15, -0.1) is 0 Å². The Labute approximate surface area is 184 Å². The van der Waals surface area contributed by atoms with Crippen LogP contribution in [0.25, 0.3) is 5.70 Å². The van der Waals surface area contributed by atoms with Crippen molar-refractivity contribution in [3.05, 3.63) is 35.5 Å². The maximum atomic E-state index is 6.48. The second kappa shape index (κ2) is 10.1. The molecule has 5 nitrogen and oxygen atoms in total. The van der Waals surface area contributed by atoms with Gasteiger partial charge < -0.3 is 26.0 Å². The Morgan fingerprint density at radius 2 is 1.73 bits per heavy atom. The van der Waals surface area contributed by atoms with Crippen LogP contribution in [0.4, 0.5) is 5.69 Å². The van der Waals surface area contributed by atoms with E-state index in [0.29, 0.717) is 0 Å². The predicted octanol–water partition coefficient (Wildman–Crippen LogP) is 5.35. The first-order valence-electron chi connectivity index (χ1n) is 11.6. The van der Waals surface area contributed by atoms with E-state index in [4.69, 9.17) is 10.5 Å². The van der Waals surface area contributed by atoms with E-state index in [1.807, 2.05) is 13.8 Å². The van der Waals surface area contributed by atoms with Gasteiger partial charge in [-0.2, -0.15) is 0 Å². The highest BCUT2D eigenvalue weighted by molar-refractivity contribution is 5.82. The quantitative estimate of drug-likeness (QED) is 0.559. The molecule has 1 aromatic carbocycles. The van der Waals surface area contributed by atoms with Gasteiger partial charge in [0.15, 0.2) is 0 Å². The Kier molecular flexibility index (Phi) is 8.23. The number of nitrogens with zero attached hydrogens (tertiary/aromatic N) is 1. The van der Waals surface area contributed by atoms with Crippen LogP contribution >= 0.6 is 0 Å². The zero-order valence-corrected chi connectivity index (χ0v) is 20.4. The number of para-hydroxylation sites is 1. The van der Waals surface area contributed by atoms with Crippen molar-refractivity contribution in [2.75, 3.05) is 18.5 Å². The Morgan fingerprint density at radius 3 is 2.37 bits per heavy atom. The molecule has 2 heterocycles. The van der Waals surface area contributed by atoms with Crippen molar-refractivity contribution in [3.8, 4) is 0 Å². The van der Waals surface area contributed by atoms with Gasteiger partial charge in [0, 0.05) is 23.2 Å². The van der Waals surface area contributed by atoms with E-state index in [1.165, 1.54) is 24.1 Å². The number of anilines is 1. The molecule has 3 rings (SSSR count). The standard InChI is InChI=1S/C23H38N4O.C2H6/c1-7-8-13-18-26-19-20(16-11-9-10-12-17(16)25-21(19)24)27(18)14-23(5,6)15-28-22(2,3)4;1-2/h9-12,18,21,25-26H,7-8,13-15,24H2,1-6H3;1-2H3. The number of rotatable bonds is 7. The molecular weight excluding hydrogens is 372 g/mol. The zero-order valence-electron chi connectivity index (χ0n) is 20.4. The molecular formula is C25H44N4O. The summed E-state index contributed by atoms with van der Waals surface area (Å²) >= 11 is 0. The van der Waals surface area contributed by atoms with Crippen molar-refractivity contribution in [3.63, 3.8) is 0 Å². The molecule has 2 atom stereocenters. The molecule has 0 saturated heterocycles. The van der Waals surface area contributed by atoms with Gasteiger partial charge in [-0.1, -0.05) is 59.2 Å². The molecule has 0 spiro atoms. The van der Waals surface area contributed by atoms with Gasteiger partial charge in [0.25, 0.3) is 0 Å². The molecule has 170 valence electrons. The Bertz CT molecular complexity index is 720. The molecule has 2 aliphatic heterocycles. The van der Waals surface area contributed by atoms with Crippen LogP contribution in [0.3, 0.4) is 0 Å². The highest BCUT2D eigenvalue weighted by Gasteiger charge is 2.40. The first-order chi connectivity index (χ1) is 14.1. The average Bonchev–Trinajstić information content (AvgIpc) is 3.05. The van der Waals surface area contributed by atoms with Crippen LogP contribution in [0, 0.1) is 5.41 Å². The fraction of sp³-hybridized carbons (Fsp3) is 0.680. The molecule has 0 aliphatic carbocycles. The number of nitrogens with one attached hydrogen (secondary N) is 2. The summed E-state index contributed by atoms with van der Waals surface area (Å²) in [5.41, 5.74) is 11.1. The molecule has 4 N–H and O–H groups in total. The molecule has 30 heavy (non-hydrogen) atoms. The second-order valence-corrected chi connectivity index (χ2v) is 9.93. The number of benzene rings is 1.